The smallest absolute Gasteiger partial charge is 0.224 e. The lowest BCUT2D eigenvalue weighted by Crippen LogP contribution is -2.37. The number of ether oxygens (including phenoxy) is 1. The first-order valence-electron chi connectivity index (χ1n) is 10.5. The highest BCUT2D eigenvalue weighted by Gasteiger charge is 2.30. The Morgan fingerprint density at radius 2 is 2.17 bits per heavy atom. The Hall–Kier alpha value is -2.32. The largest absolute Gasteiger partial charge is 0.492 e. The van der Waals surface area contributed by atoms with E-state index in [1.54, 1.807) is 13.0 Å². The van der Waals surface area contributed by atoms with Gasteiger partial charge in [0.1, 0.15) is 5.75 Å². The summed E-state index contributed by atoms with van der Waals surface area (Å²) < 4.78 is 35.8. The van der Waals surface area contributed by atoms with Gasteiger partial charge < -0.3 is 15.0 Å². The summed E-state index contributed by atoms with van der Waals surface area (Å²) in [5, 5.41) is 5.91. The van der Waals surface area contributed by atoms with Crippen molar-refractivity contribution in [2.75, 3.05) is 38.6 Å². The molecular formula is C22H32F2N5O. The van der Waals surface area contributed by atoms with Crippen molar-refractivity contribution in [1.82, 2.24) is 10.2 Å². The first-order chi connectivity index (χ1) is 14.5. The molecule has 0 bridgehead atoms. The van der Waals surface area contributed by atoms with Crippen LogP contribution in [0.5, 0.6) is 5.75 Å². The normalized spacial score (nSPS) is 22.6. The minimum absolute atomic E-state index is 0. The van der Waals surface area contributed by atoms with Crippen LogP contribution in [0.25, 0.3) is 5.57 Å². The lowest BCUT2D eigenvalue weighted by atomic mass is 9.96. The third-order valence-electron chi connectivity index (χ3n) is 5.59. The highest BCUT2D eigenvalue weighted by Crippen LogP contribution is 2.41. The first kappa shape index (κ1) is 20.9. The Morgan fingerprint density at radius 3 is 2.97 bits per heavy atom. The molecule has 8 heteroatoms. The van der Waals surface area contributed by atoms with Gasteiger partial charge in [-0.15, -0.1) is 0 Å². The zero-order valence-electron chi connectivity index (χ0n) is 17.7. The van der Waals surface area contributed by atoms with E-state index in [4.69, 9.17) is 4.74 Å². The summed E-state index contributed by atoms with van der Waals surface area (Å²) in [5.74, 6) is 0.438. The number of halogens is 2. The molecule has 3 heterocycles. The molecule has 0 aromatic heterocycles. The lowest BCUT2D eigenvalue weighted by molar-refractivity contribution is 0.354. The van der Waals surface area contributed by atoms with E-state index in [1.165, 1.54) is 0 Å². The van der Waals surface area contributed by atoms with Crippen molar-refractivity contribution in [3.63, 3.8) is 0 Å². The molecule has 4 rings (SSSR count). The number of likely N-dealkylation sites (N-methyl/N-ethyl adjacent to an activating group) is 1. The van der Waals surface area contributed by atoms with Crippen molar-refractivity contribution in [2.45, 2.75) is 39.3 Å². The number of hydrogen-bond donors (Lipinski definition) is 2. The molecule has 30 heavy (non-hydrogen) atoms. The second kappa shape index (κ2) is 8.81. The molecule has 1 aromatic rings. The Morgan fingerprint density at radius 1 is 1.33 bits per heavy atom. The van der Waals surface area contributed by atoms with Crippen molar-refractivity contribution in [2.24, 2.45) is 9.98 Å². The van der Waals surface area contributed by atoms with E-state index in [2.05, 4.69) is 38.6 Å². The standard InChI is InChI=1S/C22H28F2N5O.2H2/c1-4-25-21-18(23)13(2)26-22(28-21)27-16-12-15-8-11-30-20(15)17(19(16)24)14-6-5-9-29(3)10-7-14;;/h7,12,18,25H,4-6,8-11H2,1-3H3,(H,27,28);2*1H. The third kappa shape index (κ3) is 4.11. The molecule has 2 N–H and O–H groups in total. The summed E-state index contributed by atoms with van der Waals surface area (Å²) in [6, 6.07) is 1.76. The first-order valence-corrected chi connectivity index (χ1v) is 10.5. The average Bonchev–Trinajstić information content (AvgIpc) is 3.07. The molecular weight excluding hydrogens is 388 g/mol. The van der Waals surface area contributed by atoms with Gasteiger partial charge in [-0.2, -0.15) is 0 Å². The van der Waals surface area contributed by atoms with Crippen molar-refractivity contribution < 1.29 is 16.4 Å². The van der Waals surface area contributed by atoms with E-state index in [1.807, 2.05) is 6.92 Å². The molecule has 0 fully saturated rings. The number of nitrogens with one attached hydrogen (secondary N) is 2. The molecule has 1 aromatic carbocycles. The SMILES string of the molecule is CCN[C]1N=C(Nc2cc3c(c(C4=CCN(C)CCC4)c2F)OCC3)N=C(C)C1F.[HH].[HH]. The number of anilines is 1. The maximum absolute atomic E-state index is 15.7. The van der Waals surface area contributed by atoms with E-state index < -0.39 is 6.17 Å². The van der Waals surface area contributed by atoms with Gasteiger partial charge in [0.2, 0.25) is 5.96 Å². The number of allylic oxidation sites excluding steroid dienone is 1. The predicted molar refractivity (Wildman–Crippen MR) is 121 cm³/mol. The van der Waals surface area contributed by atoms with Gasteiger partial charge in [-0.25, -0.2) is 18.8 Å². The molecule has 6 nitrogen and oxygen atoms in total. The van der Waals surface area contributed by atoms with Gasteiger partial charge in [0, 0.05) is 21.4 Å². The molecule has 0 saturated heterocycles. The molecule has 3 aliphatic heterocycles. The second-order valence-electron chi connectivity index (χ2n) is 7.89. The van der Waals surface area contributed by atoms with Gasteiger partial charge >= 0.3 is 0 Å². The average molecular weight is 421 g/mol. The van der Waals surface area contributed by atoms with Crippen molar-refractivity contribution >= 4 is 22.9 Å². The van der Waals surface area contributed by atoms with Crippen molar-refractivity contribution in [1.29, 1.82) is 0 Å². The predicted octanol–water partition coefficient (Wildman–Crippen LogP) is 4.04. The van der Waals surface area contributed by atoms with Gasteiger partial charge in [0.25, 0.3) is 0 Å². The van der Waals surface area contributed by atoms with Crippen LogP contribution in [0.2, 0.25) is 0 Å². The summed E-state index contributed by atoms with van der Waals surface area (Å²) in [7, 11) is 2.06. The summed E-state index contributed by atoms with van der Waals surface area (Å²) in [4.78, 5) is 10.6. The molecule has 3 aliphatic rings. The number of guanidine groups is 1. The van der Waals surface area contributed by atoms with Gasteiger partial charge in [-0.1, -0.05) is 13.0 Å². The van der Waals surface area contributed by atoms with Crippen LogP contribution in [0.3, 0.4) is 0 Å². The maximum atomic E-state index is 15.7. The number of hydrogen-bond acceptors (Lipinski definition) is 6. The number of rotatable bonds is 4. The summed E-state index contributed by atoms with van der Waals surface area (Å²) in [5.41, 5.74) is 3.02. The summed E-state index contributed by atoms with van der Waals surface area (Å²) >= 11 is 0. The number of alkyl halides is 1. The van der Waals surface area contributed by atoms with E-state index in [-0.39, 0.29) is 32.2 Å². The molecule has 1 radical (unpaired) electrons. The van der Waals surface area contributed by atoms with Crippen molar-refractivity contribution in [3.05, 3.63) is 35.3 Å². The summed E-state index contributed by atoms with van der Waals surface area (Å²) in [6.45, 7) is 6.30. The van der Waals surface area contributed by atoms with Crippen LogP contribution < -0.4 is 15.4 Å². The Kier molecular flexibility index (Phi) is 6.15. The second-order valence-corrected chi connectivity index (χ2v) is 7.89. The zero-order chi connectivity index (χ0) is 21.3. The highest BCUT2D eigenvalue weighted by atomic mass is 19.1. The minimum Gasteiger partial charge on any atom is -0.492 e. The molecule has 0 amide bonds. The molecule has 1 unspecified atom stereocenters. The minimum atomic E-state index is -1.38. The molecule has 0 saturated carbocycles. The van der Waals surface area contributed by atoms with Gasteiger partial charge in [0.15, 0.2) is 18.2 Å². The van der Waals surface area contributed by atoms with Gasteiger partial charge in [-0.3, -0.25) is 5.32 Å². The number of fused-ring (bicyclic) bond motifs is 1. The molecule has 0 spiro atoms. The lowest BCUT2D eigenvalue weighted by Gasteiger charge is -2.23. The van der Waals surface area contributed by atoms with Gasteiger partial charge in [-0.05, 0) is 51.5 Å². The Balaban J connectivity index is 0.00000181. The van der Waals surface area contributed by atoms with Crippen LogP contribution in [-0.2, 0) is 6.42 Å². The fourth-order valence-electron chi connectivity index (χ4n) is 4.02. The Bertz CT molecular complexity index is 922. The highest BCUT2D eigenvalue weighted by molar-refractivity contribution is 6.07. The quantitative estimate of drug-likeness (QED) is 0.772. The Labute approximate surface area is 179 Å². The van der Waals surface area contributed by atoms with Crippen LogP contribution in [0.1, 0.15) is 40.7 Å². The monoisotopic (exact) mass is 420 g/mol. The third-order valence-corrected chi connectivity index (χ3v) is 5.59. The van der Waals surface area contributed by atoms with Gasteiger partial charge in [0.05, 0.1) is 23.6 Å². The van der Waals surface area contributed by atoms with Crippen LogP contribution in [0, 0.1) is 12.0 Å². The van der Waals surface area contributed by atoms with Crippen LogP contribution in [0.4, 0.5) is 14.5 Å². The van der Waals surface area contributed by atoms with Crippen LogP contribution in [0.15, 0.2) is 22.1 Å². The molecule has 0 aliphatic carbocycles. The maximum Gasteiger partial charge on any atom is 0.224 e. The number of benzene rings is 1. The summed E-state index contributed by atoms with van der Waals surface area (Å²) in [6.07, 6.45) is 3.37. The van der Waals surface area contributed by atoms with E-state index in [0.29, 0.717) is 24.5 Å². The fourth-order valence-corrected chi connectivity index (χ4v) is 4.02. The zero-order valence-corrected chi connectivity index (χ0v) is 17.7. The van der Waals surface area contributed by atoms with Crippen LogP contribution in [-0.4, -0.2) is 56.0 Å². The van der Waals surface area contributed by atoms with E-state index >= 15 is 4.39 Å². The van der Waals surface area contributed by atoms with Crippen LogP contribution >= 0.6 is 0 Å². The van der Waals surface area contributed by atoms with E-state index in [9.17, 15) is 4.39 Å². The molecule has 1 atom stereocenters. The topological polar surface area (TPSA) is 61.2 Å². The number of aliphatic imine (C=N–C) groups is 2. The van der Waals surface area contributed by atoms with Crippen molar-refractivity contribution in [3.8, 4) is 5.75 Å². The number of nitrogens with zero attached hydrogens (tertiary/aromatic N) is 3. The fraction of sp³-hybridized carbons (Fsp3) is 0.500. The van der Waals surface area contributed by atoms with E-state index in [0.717, 1.165) is 43.5 Å². The molecule has 165 valence electrons.